The predicted molar refractivity (Wildman–Crippen MR) is 89.6 cm³/mol. The number of hydrogen-bond donors (Lipinski definition) is 2. The number of hydrogen-bond acceptors (Lipinski definition) is 5. The van der Waals surface area contributed by atoms with Gasteiger partial charge in [0.2, 0.25) is 0 Å². The summed E-state index contributed by atoms with van der Waals surface area (Å²) in [7, 11) is 0. The van der Waals surface area contributed by atoms with Crippen LogP contribution >= 0.6 is 11.3 Å². The molecule has 2 saturated heterocycles. The highest BCUT2D eigenvalue weighted by Gasteiger charge is 2.37. The van der Waals surface area contributed by atoms with Crippen LogP contribution < -0.4 is 5.32 Å². The van der Waals surface area contributed by atoms with E-state index in [1.165, 1.54) is 11.3 Å². The van der Waals surface area contributed by atoms with Gasteiger partial charge in [0.15, 0.2) is 0 Å². The van der Waals surface area contributed by atoms with Crippen molar-refractivity contribution in [1.29, 1.82) is 0 Å². The average Bonchev–Trinajstić information content (AvgIpc) is 3.22. The molecule has 0 bridgehead atoms. The van der Waals surface area contributed by atoms with Crippen molar-refractivity contribution >= 4 is 17.2 Å². The van der Waals surface area contributed by atoms with E-state index in [2.05, 4.69) is 10.3 Å². The van der Waals surface area contributed by atoms with E-state index in [1.807, 2.05) is 22.4 Å². The first-order valence-electron chi connectivity index (χ1n) is 7.95. The fourth-order valence-electron chi connectivity index (χ4n) is 3.51. The van der Waals surface area contributed by atoms with E-state index >= 15 is 0 Å². The molecular weight excluding hydrogens is 310 g/mol. The number of phenolic OH excluding ortho intramolecular Hbond substituents is 1. The maximum absolute atomic E-state index is 12.7. The molecule has 0 spiro atoms. The highest BCUT2D eigenvalue weighted by Crippen LogP contribution is 2.30. The number of rotatable bonds is 2. The Morgan fingerprint density at radius 3 is 2.83 bits per heavy atom. The first kappa shape index (κ1) is 14.7. The molecule has 2 atom stereocenters. The van der Waals surface area contributed by atoms with Gasteiger partial charge in [-0.2, -0.15) is 0 Å². The summed E-state index contributed by atoms with van der Waals surface area (Å²) < 4.78 is 0. The normalized spacial score (nSPS) is 23.7. The van der Waals surface area contributed by atoms with Gasteiger partial charge >= 0.3 is 0 Å². The molecule has 0 radical (unpaired) electrons. The summed E-state index contributed by atoms with van der Waals surface area (Å²) in [6.45, 7) is 3.77. The third kappa shape index (κ3) is 2.84. The number of carbonyl (C=O) groups is 1. The van der Waals surface area contributed by atoms with Gasteiger partial charge in [0.05, 0.1) is 0 Å². The molecule has 0 aliphatic carbocycles. The topological polar surface area (TPSA) is 65.5 Å². The molecule has 0 unspecified atom stereocenters. The zero-order valence-electron chi connectivity index (χ0n) is 12.7. The number of phenols is 1. The molecule has 23 heavy (non-hydrogen) atoms. The number of piperidine rings is 1. The molecule has 0 saturated carbocycles. The van der Waals surface area contributed by atoms with Crippen LogP contribution in [0.2, 0.25) is 0 Å². The molecule has 2 aliphatic rings. The molecule has 5 nitrogen and oxygen atoms in total. The van der Waals surface area contributed by atoms with Gasteiger partial charge in [0, 0.05) is 24.0 Å². The third-order valence-electron chi connectivity index (χ3n) is 4.80. The minimum absolute atomic E-state index is 0.0423. The molecule has 1 aromatic carbocycles. The van der Waals surface area contributed by atoms with Crippen LogP contribution in [0.25, 0.3) is 10.6 Å². The first-order chi connectivity index (χ1) is 11.2. The largest absolute Gasteiger partial charge is 0.508 e. The van der Waals surface area contributed by atoms with Crippen LogP contribution in [0, 0.1) is 11.8 Å². The Labute approximate surface area is 139 Å². The van der Waals surface area contributed by atoms with E-state index < -0.39 is 0 Å². The van der Waals surface area contributed by atoms with E-state index in [1.54, 1.807) is 12.1 Å². The standard InChI is InChI=1S/C17H19N3O2S/c21-14-3-1-11(2-4-14)16-19-15(10-23-16)17(22)20-8-12-5-6-18-7-13(12)9-20/h1-4,10,12-13,18,21H,5-9H2/t12-,13+/m0/s1. The zero-order valence-corrected chi connectivity index (χ0v) is 13.6. The molecule has 4 rings (SSSR count). The molecule has 6 heteroatoms. The van der Waals surface area contributed by atoms with E-state index in [9.17, 15) is 9.90 Å². The van der Waals surface area contributed by atoms with Gasteiger partial charge in [-0.15, -0.1) is 11.3 Å². The lowest BCUT2D eigenvalue weighted by Gasteiger charge is -2.23. The van der Waals surface area contributed by atoms with Crippen LogP contribution in [0.15, 0.2) is 29.6 Å². The van der Waals surface area contributed by atoms with Gasteiger partial charge < -0.3 is 15.3 Å². The summed E-state index contributed by atoms with van der Waals surface area (Å²) in [5, 5.41) is 15.4. The first-order valence-corrected chi connectivity index (χ1v) is 8.83. The SMILES string of the molecule is O=C(c1csc(-c2ccc(O)cc2)n1)N1C[C@H]2CNCC[C@H]2C1. The summed E-state index contributed by atoms with van der Waals surface area (Å²) in [6.07, 6.45) is 1.16. The number of amides is 1. The monoisotopic (exact) mass is 329 g/mol. The van der Waals surface area contributed by atoms with E-state index in [4.69, 9.17) is 0 Å². The van der Waals surface area contributed by atoms with Crippen molar-refractivity contribution in [2.75, 3.05) is 26.2 Å². The van der Waals surface area contributed by atoms with Crippen molar-refractivity contribution in [2.24, 2.45) is 11.8 Å². The number of benzene rings is 1. The Morgan fingerprint density at radius 2 is 2.04 bits per heavy atom. The van der Waals surface area contributed by atoms with Crippen molar-refractivity contribution in [3.8, 4) is 16.3 Å². The van der Waals surface area contributed by atoms with Crippen LogP contribution in [0.4, 0.5) is 0 Å². The fourth-order valence-corrected chi connectivity index (χ4v) is 4.31. The fraction of sp³-hybridized carbons (Fsp3) is 0.412. The van der Waals surface area contributed by atoms with E-state index in [-0.39, 0.29) is 11.7 Å². The van der Waals surface area contributed by atoms with Crippen molar-refractivity contribution < 1.29 is 9.90 Å². The number of carbonyl (C=O) groups excluding carboxylic acids is 1. The van der Waals surface area contributed by atoms with Crippen LogP contribution in [0.3, 0.4) is 0 Å². The van der Waals surface area contributed by atoms with Gasteiger partial charge in [-0.25, -0.2) is 4.98 Å². The minimum Gasteiger partial charge on any atom is -0.508 e. The second kappa shape index (κ2) is 5.94. The second-order valence-electron chi connectivity index (χ2n) is 6.31. The Kier molecular flexibility index (Phi) is 3.79. The number of nitrogens with one attached hydrogen (secondary N) is 1. The predicted octanol–water partition coefficient (Wildman–Crippen LogP) is 2.20. The Balaban J connectivity index is 1.50. The minimum atomic E-state index is 0.0423. The van der Waals surface area contributed by atoms with Crippen molar-refractivity contribution in [2.45, 2.75) is 6.42 Å². The lowest BCUT2D eigenvalue weighted by molar-refractivity contribution is 0.0779. The van der Waals surface area contributed by atoms with Crippen LogP contribution in [0.5, 0.6) is 5.75 Å². The van der Waals surface area contributed by atoms with Crippen LogP contribution in [0.1, 0.15) is 16.9 Å². The van der Waals surface area contributed by atoms with Gasteiger partial charge in [0.1, 0.15) is 16.5 Å². The van der Waals surface area contributed by atoms with E-state index in [0.29, 0.717) is 17.5 Å². The maximum atomic E-state index is 12.7. The molecule has 120 valence electrons. The van der Waals surface area contributed by atoms with E-state index in [0.717, 1.165) is 43.2 Å². The Morgan fingerprint density at radius 1 is 1.26 bits per heavy atom. The van der Waals surface area contributed by atoms with Gasteiger partial charge in [-0.3, -0.25) is 4.79 Å². The zero-order chi connectivity index (χ0) is 15.8. The molecule has 2 fully saturated rings. The summed E-state index contributed by atoms with van der Waals surface area (Å²) in [5.74, 6) is 1.49. The number of aromatic hydroxyl groups is 1. The average molecular weight is 329 g/mol. The van der Waals surface area contributed by atoms with Crippen molar-refractivity contribution in [1.82, 2.24) is 15.2 Å². The Hall–Kier alpha value is -1.92. The molecule has 2 aromatic rings. The van der Waals surface area contributed by atoms with Crippen LogP contribution in [-0.4, -0.2) is 47.1 Å². The summed E-state index contributed by atoms with van der Waals surface area (Å²) in [6, 6.07) is 6.91. The lowest BCUT2D eigenvalue weighted by Crippen LogP contribution is -2.35. The third-order valence-corrected chi connectivity index (χ3v) is 5.69. The highest BCUT2D eigenvalue weighted by atomic mass is 32.1. The molecule has 3 heterocycles. The quantitative estimate of drug-likeness (QED) is 0.886. The van der Waals surface area contributed by atoms with Gasteiger partial charge in [0.25, 0.3) is 5.91 Å². The smallest absolute Gasteiger partial charge is 0.273 e. The number of thiazole rings is 1. The summed E-state index contributed by atoms with van der Waals surface area (Å²) in [4.78, 5) is 19.2. The van der Waals surface area contributed by atoms with Gasteiger partial charge in [-0.05, 0) is 55.6 Å². The second-order valence-corrected chi connectivity index (χ2v) is 7.17. The van der Waals surface area contributed by atoms with Gasteiger partial charge in [-0.1, -0.05) is 0 Å². The maximum Gasteiger partial charge on any atom is 0.273 e. The highest BCUT2D eigenvalue weighted by molar-refractivity contribution is 7.13. The molecule has 1 aromatic heterocycles. The number of aromatic nitrogens is 1. The Bertz CT molecular complexity index is 699. The number of likely N-dealkylation sites (tertiary alicyclic amines) is 1. The molecule has 2 aliphatic heterocycles. The number of nitrogens with zero attached hydrogens (tertiary/aromatic N) is 2. The lowest BCUT2D eigenvalue weighted by atomic mass is 9.90. The summed E-state index contributed by atoms with van der Waals surface area (Å²) >= 11 is 1.47. The van der Waals surface area contributed by atoms with Crippen molar-refractivity contribution in [3.05, 3.63) is 35.3 Å². The summed E-state index contributed by atoms with van der Waals surface area (Å²) in [5.41, 5.74) is 1.45. The molecule has 1 amide bonds. The molecule has 2 N–H and O–H groups in total. The molecular formula is C17H19N3O2S. The van der Waals surface area contributed by atoms with Crippen molar-refractivity contribution in [3.63, 3.8) is 0 Å². The van der Waals surface area contributed by atoms with Crippen LogP contribution in [-0.2, 0) is 0 Å². The number of fused-ring (bicyclic) bond motifs is 1.